The average Bonchev–Trinajstić information content (AvgIpc) is 3.00. The van der Waals surface area contributed by atoms with Crippen LogP contribution in [-0.4, -0.2) is 38.1 Å². The molecule has 1 aromatic heterocycles. The molecule has 0 atom stereocenters. The Morgan fingerprint density at radius 1 is 1.39 bits per heavy atom. The number of rotatable bonds is 8. The highest BCUT2D eigenvalue weighted by Gasteiger charge is 2.10. The molecule has 0 saturated heterocycles. The second kappa shape index (κ2) is 9.05. The lowest BCUT2D eigenvalue weighted by Gasteiger charge is -2.18. The SMILES string of the molecule is COc1ccc(Br)cc1CN(C)CC(=O)NCCc1cccs1. The van der Waals surface area contributed by atoms with E-state index in [4.69, 9.17) is 4.74 Å². The van der Waals surface area contributed by atoms with Gasteiger partial charge in [0.2, 0.25) is 5.91 Å². The fourth-order valence-corrected chi connectivity index (χ4v) is 3.42. The zero-order chi connectivity index (χ0) is 16.7. The highest BCUT2D eigenvalue weighted by Crippen LogP contribution is 2.23. The predicted octanol–water partition coefficient (Wildman–Crippen LogP) is 3.31. The molecule has 1 N–H and O–H groups in total. The molecular weight excluding hydrogens is 376 g/mol. The molecule has 124 valence electrons. The van der Waals surface area contributed by atoms with Gasteiger partial charge in [0.1, 0.15) is 5.75 Å². The standard InChI is InChI=1S/C17H21BrN2O2S/c1-20(11-13-10-14(18)5-6-16(13)22-2)12-17(21)19-8-7-15-4-3-9-23-15/h3-6,9-10H,7-8,11-12H2,1-2H3,(H,19,21). The summed E-state index contributed by atoms with van der Waals surface area (Å²) < 4.78 is 6.37. The number of methoxy groups -OCH3 is 1. The van der Waals surface area contributed by atoms with Crippen molar-refractivity contribution in [3.63, 3.8) is 0 Å². The van der Waals surface area contributed by atoms with Gasteiger partial charge in [-0.3, -0.25) is 9.69 Å². The second-order valence-corrected chi connectivity index (χ2v) is 7.26. The molecule has 0 aliphatic heterocycles. The molecule has 2 aromatic rings. The number of nitrogens with one attached hydrogen (secondary N) is 1. The quantitative estimate of drug-likeness (QED) is 0.743. The van der Waals surface area contributed by atoms with Crippen molar-refractivity contribution >= 4 is 33.2 Å². The van der Waals surface area contributed by atoms with Crippen molar-refractivity contribution in [3.8, 4) is 5.75 Å². The van der Waals surface area contributed by atoms with Crippen LogP contribution in [0.3, 0.4) is 0 Å². The summed E-state index contributed by atoms with van der Waals surface area (Å²) in [6.45, 7) is 1.69. The van der Waals surface area contributed by atoms with Gasteiger partial charge >= 0.3 is 0 Å². The number of halogens is 1. The van der Waals surface area contributed by atoms with Crippen LogP contribution >= 0.6 is 27.3 Å². The van der Waals surface area contributed by atoms with E-state index in [-0.39, 0.29) is 5.91 Å². The maximum absolute atomic E-state index is 12.0. The van der Waals surface area contributed by atoms with Gasteiger partial charge in [-0.25, -0.2) is 0 Å². The predicted molar refractivity (Wildman–Crippen MR) is 98.1 cm³/mol. The molecule has 1 aromatic carbocycles. The van der Waals surface area contributed by atoms with Gasteiger partial charge in [-0.2, -0.15) is 0 Å². The number of carbonyl (C=O) groups is 1. The van der Waals surface area contributed by atoms with Gasteiger partial charge in [-0.1, -0.05) is 22.0 Å². The summed E-state index contributed by atoms with van der Waals surface area (Å²) in [6.07, 6.45) is 0.882. The van der Waals surface area contributed by atoms with Crippen LogP contribution in [0.15, 0.2) is 40.2 Å². The Bertz CT molecular complexity index is 632. The van der Waals surface area contributed by atoms with Crippen LogP contribution in [0.5, 0.6) is 5.75 Å². The van der Waals surface area contributed by atoms with Gasteiger partial charge in [0.15, 0.2) is 0 Å². The summed E-state index contributed by atoms with van der Waals surface area (Å²) in [5.41, 5.74) is 1.05. The lowest BCUT2D eigenvalue weighted by molar-refractivity contribution is -0.122. The molecule has 6 heteroatoms. The number of likely N-dealkylation sites (N-methyl/N-ethyl adjacent to an activating group) is 1. The van der Waals surface area contributed by atoms with Crippen molar-refractivity contribution < 1.29 is 9.53 Å². The number of ether oxygens (including phenoxy) is 1. The van der Waals surface area contributed by atoms with Crippen molar-refractivity contribution in [2.24, 2.45) is 0 Å². The van der Waals surface area contributed by atoms with Gasteiger partial charge in [0.25, 0.3) is 0 Å². The minimum absolute atomic E-state index is 0.0398. The third-order valence-corrected chi connectivity index (χ3v) is 4.80. The molecule has 0 unspecified atom stereocenters. The van der Waals surface area contributed by atoms with Gasteiger partial charge in [0.05, 0.1) is 13.7 Å². The zero-order valence-corrected chi connectivity index (χ0v) is 15.7. The van der Waals surface area contributed by atoms with Crippen LogP contribution in [-0.2, 0) is 17.8 Å². The maximum atomic E-state index is 12.0. The van der Waals surface area contributed by atoms with E-state index < -0.39 is 0 Å². The Labute approximate surface area is 149 Å². The molecule has 0 saturated carbocycles. The Morgan fingerprint density at radius 3 is 2.91 bits per heavy atom. The van der Waals surface area contributed by atoms with Crippen LogP contribution in [0.2, 0.25) is 0 Å². The van der Waals surface area contributed by atoms with Gasteiger partial charge < -0.3 is 10.1 Å². The van der Waals surface area contributed by atoms with Crippen LogP contribution < -0.4 is 10.1 Å². The number of benzene rings is 1. The van der Waals surface area contributed by atoms with Gasteiger partial charge in [-0.15, -0.1) is 11.3 Å². The lowest BCUT2D eigenvalue weighted by atomic mass is 10.2. The Morgan fingerprint density at radius 2 is 2.22 bits per heavy atom. The molecular formula is C17H21BrN2O2S. The molecule has 0 radical (unpaired) electrons. The zero-order valence-electron chi connectivity index (χ0n) is 13.3. The molecule has 1 amide bonds. The Hall–Kier alpha value is -1.37. The number of hydrogen-bond donors (Lipinski definition) is 1. The minimum atomic E-state index is 0.0398. The summed E-state index contributed by atoms with van der Waals surface area (Å²) >= 11 is 5.18. The number of thiophene rings is 1. The summed E-state index contributed by atoms with van der Waals surface area (Å²) in [4.78, 5) is 15.3. The van der Waals surface area contributed by atoms with E-state index in [1.54, 1.807) is 18.4 Å². The van der Waals surface area contributed by atoms with Gasteiger partial charge in [-0.05, 0) is 43.1 Å². The van der Waals surface area contributed by atoms with E-state index in [1.807, 2.05) is 36.2 Å². The first kappa shape index (κ1) is 18.0. The number of amides is 1. The van der Waals surface area contributed by atoms with E-state index in [2.05, 4.69) is 32.7 Å². The monoisotopic (exact) mass is 396 g/mol. The van der Waals surface area contributed by atoms with Crippen LogP contribution in [0.1, 0.15) is 10.4 Å². The molecule has 1 heterocycles. The summed E-state index contributed by atoms with van der Waals surface area (Å²) in [7, 11) is 3.59. The molecule has 4 nitrogen and oxygen atoms in total. The van der Waals surface area contributed by atoms with E-state index in [1.165, 1.54) is 4.88 Å². The minimum Gasteiger partial charge on any atom is -0.496 e. The van der Waals surface area contributed by atoms with Crippen molar-refractivity contribution in [3.05, 3.63) is 50.6 Å². The highest BCUT2D eigenvalue weighted by atomic mass is 79.9. The first-order valence-electron chi connectivity index (χ1n) is 7.38. The number of nitrogens with zero attached hydrogens (tertiary/aromatic N) is 1. The summed E-state index contributed by atoms with van der Waals surface area (Å²) in [5, 5.41) is 5.02. The van der Waals surface area contributed by atoms with Crippen molar-refractivity contribution in [1.29, 1.82) is 0 Å². The molecule has 0 aliphatic carbocycles. The van der Waals surface area contributed by atoms with Crippen LogP contribution in [0.4, 0.5) is 0 Å². The van der Waals surface area contributed by atoms with E-state index >= 15 is 0 Å². The Kier molecular flexibility index (Phi) is 7.08. The van der Waals surface area contributed by atoms with Crippen molar-refractivity contribution in [1.82, 2.24) is 10.2 Å². The van der Waals surface area contributed by atoms with E-state index in [9.17, 15) is 4.79 Å². The molecule has 2 rings (SSSR count). The molecule has 0 fully saturated rings. The van der Waals surface area contributed by atoms with E-state index in [0.717, 1.165) is 22.2 Å². The first-order chi connectivity index (χ1) is 11.1. The molecule has 23 heavy (non-hydrogen) atoms. The third kappa shape index (κ3) is 5.97. The van der Waals surface area contributed by atoms with E-state index in [0.29, 0.717) is 19.6 Å². The van der Waals surface area contributed by atoms with Crippen LogP contribution in [0, 0.1) is 0 Å². The van der Waals surface area contributed by atoms with Crippen molar-refractivity contribution in [2.75, 3.05) is 27.2 Å². The fraction of sp³-hybridized carbons (Fsp3) is 0.353. The number of hydrogen-bond acceptors (Lipinski definition) is 4. The average molecular weight is 397 g/mol. The molecule has 0 spiro atoms. The lowest BCUT2D eigenvalue weighted by Crippen LogP contribution is -2.35. The summed E-state index contributed by atoms with van der Waals surface area (Å²) in [5.74, 6) is 0.871. The second-order valence-electron chi connectivity index (χ2n) is 5.31. The van der Waals surface area contributed by atoms with Crippen LogP contribution in [0.25, 0.3) is 0 Å². The Balaban J connectivity index is 1.78. The topological polar surface area (TPSA) is 41.6 Å². The third-order valence-electron chi connectivity index (χ3n) is 3.37. The van der Waals surface area contributed by atoms with Crippen molar-refractivity contribution in [2.45, 2.75) is 13.0 Å². The number of carbonyl (C=O) groups excluding carboxylic acids is 1. The summed E-state index contributed by atoms with van der Waals surface area (Å²) in [6, 6.07) is 10.0. The largest absolute Gasteiger partial charge is 0.496 e. The molecule has 0 bridgehead atoms. The normalized spacial score (nSPS) is 10.8. The maximum Gasteiger partial charge on any atom is 0.234 e. The first-order valence-corrected chi connectivity index (χ1v) is 9.06. The van der Waals surface area contributed by atoms with Gasteiger partial charge in [0, 0.05) is 28.0 Å². The smallest absolute Gasteiger partial charge is 0.234 e. The highest BCUT2D eigenvalue weighted by molar-refractivity contribution is 9.10. The molecule has 0 aliphatic rings. The fourth-order valence-electron chi connectivity index (χ4n) is 2.30.